The molecule has 2 heterocycles. The molecule has 0 spiro atoms. The molecule has 0 amide bonds. The highest BCUT2D eigenvalue weighted by molar-refractivity contribution is 6.28. The Morgan fingerprint density at radius 1 is 1.53 bits per heavy atom. The zero-order chi connectivity index (χ0) is 12.4. The Bertz CT molecular complexity index is 432. The van der Waals surface area contributed by atoms with Crippen LogP contribution < -0.4 is 4.90 Å². The van der Waals surface area contributed by atoms with Gasteiger partial charge in [0.25, 0.3) is 0 Å². The summed E-state index contributed by atoms with van der Waals surface area (Å²) in [5, 5.41) is 11.0. The van der Waals surface area contributed by atoms with Crippen molar-refractivity contribution in [3.05, 3.63) is 21.6 Å². The summed E-state index contributed by atoms with van der Waals surface area (Å²) < 4.78 is 0. The second-order valence-corrected chi connectivity index (χ2v) is 4.75. The smallest absolute Gasteiger partial charge is 0.280 e. The lowest BCUT2D eigenvalue weighted by molar-refractivity contribution is -0.843. The van der Waals surface area contributed by atoms with Crippen molar-refractivity contribution >= 4 is 23.1 Å². The van der Waals surface area contributed by atoms with Crippen LogP contribution in [-0.4, -0.2) is 28.0 Å². The molecule has 1 aromatic rings. The number of hydrogen-bond donors (Lipinski definition) is 1. The van der Waals surface area contributed by atoms with Crippen LogP contribution in [0.1, 0.15) is 19.8 Å². The van der Waals surface area contributed by atoms with Gasteiger partial charge in [-0.05, 0) is 30.4 Å². The predicted molar refractivity (Wildman–Crippen MR) is 62.5 cm³/mol. The topological polar surface area (TPSA) is 73.4 Å². The van der Waals surface area contributed by atoms with Crippen LogP contribution in [0.2, 0.25) is 5.28 Å². The molecule has 0 bridgehead atoms. The third-order valence-corrected chi connectivity index (χ3v) is 3.33. The van der Waals surface area contributed by atoms with E-state index in [0.717, 1.165) is 30.8 Å². The van der Waals surface area contributed by atoms with E-state index in [4.69, 9.17) is 11.6 Å². The Kier molecular flexibility index (Phi) is 3.54. The molecule has 0 radical (unpaired) electrons. The zero-order valence-electron chi connectivity index (χ0n) is 9.52. The van der Waals surface area contributed by atoms with E-state index in [-0.39, 0.29) is 11.0 Å². The molecule has 1 aliphatic heterocycles. The highest BCUT2D eigenvalue weighted by Gasteiger charge is 2.30. The number of halogens is 1. The van der Waals surface area contributed by atoms with Crippen molar-refractivity contribution in [3.63, 3.8) is 0 Å². The Morgan fingerprint density at radius 3 is 2.76 bits per heavy atom. The average molecular weight is 258 g/mol. The second-order valence-electron chi connectivity index (χ2n) is 4.42. The van der Waals surface area contributed by atoms with Crippen molar-refractivity contribution in [1.29, 1.82) is 0 Å². The van der Waals surface area contributed by atoms with Gasteiger partial charge in [-0.3, -0.25) is 15.0 Å². The van der Waals surface area contributed by atoms with Gasteiger partial charge in [-0.2, -0.15) is 4.98 Å². The number of nitrogens with one attached hydrogen (secondary N) is 1. The van der Waals surface area contributed by atoms with E-state index in [9.17, 15) is 10.1 Å². The number of rotatable bonds is 2. The summed E-state index contributed by atoms with van der Waals surface area (Å²) in [5.41, 5.74) is -0.0426. The lowest BCUT2D eigenvalue weighted by atomic mass is 9.99. The summed E-state index contributed by atoms with van der Waals surface area (Å²) in [6, 6.07) is 0. The molecular weight excluding hydrogens is 244 g/mol. The van der Waals surface area contributed by atoms with Crippen molar-refractivity contribution in [2.45, 2.75) is 19.8 Å². The highest BCUT2D eigenvalue weighted by atomic mass is 35.5. The molecule has 1 aromatic heterocycles. The minimum absolute atomic E-state index is 0.0426. The van der Waals surface area contributed by atoms with E-state index in [1.54, 1.807) is 0 Å². The van der Waals surface area contributed by atoms with Gasteiger partial charge in [0.2, 0.25) is 5.28 Å². The Balaban J connectivity index is 2.30. The molecule has 0 saturated carbocycles. The molecule has 0 unspecified atom stereocenters. The lowest BCUT2D eigenvalue weighted by Gasteiger charge is -2.25. The fourth-order valence-corrected chi connectivity index (χ4v) is 2.23. The molecular formula is C10H14ClN4O2+. The maximum Gasteiger partial charge on any atom is 0.368 e. The number of aromatic nitrogens is 2. The van der Waals surface area contributed by atoms with Crippen molar-refractivity contribution in [1.82, 2.24) is 9.97 Å². The van der Waals surface area contributed by atoms with E-state index in [1.165, 1.54) is 6.20 Å². The van der Waals surface area contributed by atoms with Gasteiger partial charge in [-0.1, -0.05) is 6.92 Å². The minimum Gasteiger partial charge on any atom is -0.280 e. The molecule has 0 atom stereocenters. The van der Waals surface area contributed by atoms with E-state index in [1.807, 2.05) is 0 Å². The zero-order valence-corrected chi connectivity index (χ0v) is 10.3. The monoisotopic (exact) mass is 257 g/mol. The highest BCUT2D eigenvalue weighted by Crippen LogP contribution is 2.20. The van der Waals surface area contributed by atoms with Gasteiger partial charge in [-0.15, -0.1) is 0 Å². The summed E-state index contributed by atoms with van der Waals surface area (Å²) in [6.45, 7) is 3.91. The molecule has 7 heteroatoms. The maximum atomic E-state index is 10.9. The lowest BCUT2D eigenvalue weighted by Crippen LogP contribution is -3.08. The van der Waals surface area contributed by atoms with Crippen molar-refractivity contribution in [2.75, 3.05) is 13.1 Å². The van der Waals surface area contributed by atoms with Gasteiger partial charge >= 0.3 is 11.5 Å². The summed E-state index contributed by atoms with van der Waals surface area (Å²) in [4.78, 5) is 19.2. The molecule has 1 N–H and O–H groups in total. The molecule has 6 nitrogen and oxygen atoms in total. The van der Waals surface area contributed by atoms with E-state index < -0.39 is 4.92 Å². The second kappa shape index (κ2) is 4.93. The van der Waals surface area contributed by atoms with Crippen molar-refractivity contribution in [3.8, 4) is 0 Å². The molecule has 17 heavy (non-hydrogen) atoms. The van der Waals surface area contributed by atoms with Crippen LogP contribution in [0.25, 0.3) is 0 Å². The van der Waals surface area contributed by atoms with Gasteiger partial charge < -0.3 is 0 Å². The maximum absolute atomic E-state index is 10.9. The largest absolute Gasteiger partial charge is 0.368 e. The van der Waals surface area contributed by atoms with Crippen LogP contribution in [0.4, 0.5) is 11.5 Å². The fourth-order valence-electron chi connectivity index (χ4n) is 2.10. The third kappa shape index (κ3) is 2.70. The summed E-state index contributed by atoms with van der Waals surface area (Å²) in [6.07, 6.45) is 3.29. The molecule has 0 aliphatic carbocycles. The Labute approximate surface area is 104 Å². The number of hydrogen-bond acceptors (Lipinski definition) is 4. The minimum atomic E-state index is -0.448. The summed E-state index contributed by atoms with van der Waals surface area (Å²) in [7, 11) is 0. The molecule has 1 fully saturated rings. The molecule has 0 aromatic carbocycles. The van der Waals surface area contributed by atoms with Gasteiger partial charge in [-0.25, -0.2) is 4.98 Å². The Hall–Kier alpha value is -1.27. The first kappa shape index (κ1) is 12.2. The van der Waals surface area contributed by atoms with E-state index in [0.29, 0.717) is 11.7 Å². The van der Waals surface area contributed by atoms with E-state index in [2.05, 4.69) is 16.9 Å². The first-order valence-corrected chi connectivity index (χ1v) is 5.97. The molecule has 1 aliphatic rings. The molecule has 2 rings (SSSR count). The van der Waals surface area contributed by atoms with Crippen LogP contribution >= 0.6 is 11.6 Å². The van der Waals surface area contributed by atoms with Crippen LogP contribution in [0.5, 0.6) is 0 Å². The number of nitrogens with zero attached hydrogens (tertiary/aromatic N) is 3. The van der Waals surface area contributed by atoms with Gasteiger partial charge in [0.15, 0.2) is 0 Å². The van der Waals surface area contributed by atoms with Gasteiger partial charge in [0.05, 0.1) is 18.0 Å². The van der Waals surface area contributed by atoms with Gasteiger partial charge in [0, 0.05) is 0 Å². The van der Waals surface area contributed by atoms with Crippen LogP contribution in [-0.2, 0) is 0 Å². The van der Waals surface area contributed by atoms with Crippen LogP contribution in [0.3, 0.4) is 0 Å². The van der Waals surface area contributed by atoms with Crippen molar-refractivity contribution in [2.24, 2.45) is 5.92 Å². The van der Waals surface area contributed by atoms with Crippen LogP contribution in [0, 0.1) is 16.0 Å². The standard InChI is InChI=1S/C10H13ClN4O2/c1-7-2-4-14(5-3-7)9-8(15(16)17)6-12-10(11)13-9/h6-7H,2-5H2,1H3/p+1. The van der Waals surface area contributed by atoms with E-state index >= 15 is 0 Å². The summed E-state index contributed by atoms with van der Waals surface area (Å²) in [5.74, 6) is 1.09. The first-order valence-electron chi connectivity index (χ1n) is 5.60. The van der Waals surface area contributed by atoms with Crippen LogP contribution in [0.15, 0.2) is 6.20 Å². The quantitative estimate of drug-likeness (QED) is 0.487. The number of quaternary nitrogens is 1. The normalized spacial score (nSPS) is 24.6. The fraction of sp³-hybridized carbons (Fsp3) is 0.600. The first-order chi connectivity index (χ1) is 8.08. The third-order valence-electron chi connectivity index (χ3n) is 3.15. The predicted octanol–water partition coefficient (Wildman–Crippen LogP) is 0.984. The Morgan fingerprint density at radius 2 is 2.18 bits per heavy atom. The summed E-state index contributed by atoms with van der Waals surface area (Å²) >= 11 is 5.71. The molecule has 1 saturated heterocycles. The average Bonchev–Trinajstić information content (AvgIpc) is 2.29. The van der Waals surface area contributed by atoms with Crippen molar-refractivity contribution < 1.29 is 9.82 Å². The molecule has 92 valence electrons. The van der Waals surface area contributed by atoms with Gasteiger partial charge in [0.1, 0.15) is 6.20 Å². The number of nitro groups is 1. The SMILES string of the molecule is CC1CC[NH+](c2nc(Cl)ncc2[N+](=O)[O-])CC1. The number of piperidine rings is 1.